The smallest absolute Gasteiger partial charge is 0.244 e. The van der Waals surface area contributed by atoms with Crippen LogP contribution in [0.1, 0.15) is 57.4 Å². The molecule has 28 heavy (non-hydrogen) atoms. The lowest BCUT2D eigenvalue weighted by Gasteiger charge is -2.57. The summed E-state index contributed by atoms with van der Waals surface area (Å²) in [5, 5.41) is 3.36. The molecule has 4 saturated carbocycles. The number of aryl methyl sites for hydroxylation is 1. The predicted molar refractivity (Wildman–Crippen MR) is 112 cm³/mol. The molecule has 0 saturated heterocycles. The van der Waals surface area contributed by atoms with Crippen LogP contribution in [0, 0.1) is 24.7 Å². The second kappa shape index (κ2) is 7.05. The van der Waals surface area contributed by atoms with Crippen molar-refractivity contribution < 1.29 is 13.2 Å². The van der Waals surface area contributed by atoms with Gasteiger partial charge in [-0.1, -0.05) is 24.6 Å². The summed E-state index contributed by atoms with van der Waals surface area (Å²) in [5.41, 5.74) is 1.50. The van der Waals surface area contributed by atoms with Crippen LogP contribution >= 0.6 is 0 Å². The number of nitrogens with zero attached hydrogens (tertiary/aromatic N) is 1. The third-order valence-corrected chi connectivity index (χ3v) is 8.22. The Bertz CT molecular complexity index is 812. The van der Waals surface area contributed by atoms with Gasteiger partial charge in [-0.25, -0.2) is 8.42 Å². The molecular formula is C22H32N2O3S. The number of anilines is 1. The molecular weight excluding hydrogens is 372 g/mol. The summed E-state index contributed by atoms with van der Waals surface area (Å²) in [6.07, 6.45) is 8.74. The summed E-state index contributed by atoms with van der Waals surface area (Å²) in [4.78, 5) is 13.4. The second-order valence-corrected chi connectivity index (χ2v) is 11.4. The highest BCUT2D eigenvalue weighted by molar-refractivity contribution is 7.92. The average molecular weight is 405 g/mol. The quantitative estimate of drug-likeness (QED) is 0.787. The van der Waals surface area contributed by atoms with Gasteiger partial charge in [0.25, 0.3) is 0 Å². The minimum Gasteiger partial charge on any atom is -0.349 e. The van der Waals surface area contributed by atoms with Crippen molar-refractivity contribution in [3.63, 3.8) is 0 Å². The van der Waals surface area contributed by atoms with Crippen LogP contribution in [0.3, 0.4) is 0 Å². The SMILES string of the molecule is CCC(C(=O)NC12CC3CC(CC(C3)C1)C2)N(c1ccc(C)cc1)S(C)(=O)=O. The first-order chi connectivity index (χ1) is 13.2. The highest BCUT2D eigenvalue weighted by Gasteiger charge is 2.52. The minimum absolute atomic E-state index is 0.115. The molecule has 0 spiro atoms. The lowest BCUT2D eigenvalue weighted by molar-refractivity contribution is -0.128. The molecule has 0 radical (unpaired) electrons. The summed E-state index contributed by atoms with van der Waals surface area (Å²) in [6, 6.07) is 6.63. The highest BCUT2D eigenvalue weighted by atomic mass is 32.2. The fourth-order valence-electron chi connectivity index (χ4n) is 6.36. The molecule has 4 aliphatic carbocycles. The molecule has 5 nitrogen and oxygen atoms in total. The van der Waals surface area contributed by atoms with Gasteiger partial charge in [0, 0.05) is 5.54 Å². The third kappa shape index (κ3) is 3.68. The van der Waals surface area contributed by atoms with Gasteiger partial charge in [-0.3, -0.25) is 9.10 Å². The zero-order valence-corrected chi connectivity index (χ0v) is 18.0. The topological polar surface area (TPSA) is 66.5 Å². The van der Waals surface area contributed by atoms with E-state index in [1.807, 2.05) is 26.0 Å². The first-order valence-electron chi connectivity index (χ1n) is 10.6. The first kappa shape index (κ1) is 19.7. The molecule has 1 atom stereocenters. The summed E-state index contributed by atoms with van der Waals surface area (Å²) in [7, 11) is -3.58. The molecule has 154 valence electrons. The molecule has 5 rings (SSSR count). The molecule has 4 bridgehead atoms. The molecule has 1 N–H and O–H groups in total. The Balaban J connectivity index is 1.59. The third-order valence-electron chi connectivity index (χ3n) is 7.04. The number of hydrogen-bond acceptors (Lipinski definition) is 3. The number of rotatable bonds is 6. The van der Waals surface area contributed by atoms with Crippen LogP contribution in [0.4, 0.5) is 5.69 Å². The molecule has 0 aliphatic heterocycles. The number of hydrogen-bond donors (Lipinski definition) is 1. The van der Waals surface area contributed by atoms with Gasteiger partial charge in [0.05, 0.1) is 11.9 Å². The zero-order valence-electron chi connectivity index (χ0n) is 17.1. The van der Waals surface area contributed by atoms with Crippen molar-refractivity contribution in [2.24, 2.45) is 17.8 Å². The van der Waals surface area contributed by atoms with E-state index in [9.17, 15) is 13.2 Å². The van der Waals surface area contributed by atoms with Crippen LogP contribution in [-0.2, 0) is 14.8 Å². The fraction of sp³-hybridized carbons (Fsp3) is 0.682. The van der Waals surface area contributed by atoms with E-state index in [1.165, 1.54) is 29.8 Å². The van der Waals surface area contributed by atoms with Gasteiger partial charge < -0.3 is 5.32 Å². The zero-order chi connectivity index (χ0) is 20.1. The summed E-state index contributed by atoms with van der Waals surface area (Å²) < 4.78 is 26.6. The van der Waals surface area contributed by atoms with Gasteiger partial charge in [-0.15, -0.1) is 0 Å². The molecule has 1 unspecified atom stereocenters. The summed E-state index contributed by atoms with van der Waals surface area (Å²) in [5.74, 6) is 2.05. The maximum Gasteiger partial charge on any atom is 0.244 e. The number of carbonyl (C=O) groups is 1. The van der Waals surface area contributed by atoms with Crippen molar-refractivity contribution in [3.05, 3.63) is 29.8 Å². The fourth-order valence-corrected chi connectivity index (χ4v) is 7.57. The van der Waals surface area contributed by atoms with Gasteiger partial charge in [-0.2, -0.15) is 0 Å². The van der Waals surface area contributed by atoms with Crippen LogP contribution in [-0.4, -0.2) is 32.2 Å². The Morgan fingerprint density at radius 1 is 1.11 bits per heavy atom. The van der Waals surface area contributed by atoms with Crippen molar-refractivity contribution in [1.82, 2.24) is 5.32 Å². The van der Waals surface area contributed by atoms with E-state index in [4.69, 9.17) is 0 Å². The van der Waals surface area contributed by atoms with Gasteiger partial charge in [0.2, 0.25) is 15.9 Å². The van der Waals surface area contributed by atoms with Crippen molar-refractivity contribution in [2.75, 3.05) is 10.6 Å². The maximum atomic E-state index is 13.4. The Labute approximate surface area is 168 Å². The van der Waals surface area contributed by atoms with Gasteiger partial charge in [0.15, 0.2) is 0 Å². The van der Waals surface area contributed by atoms with Crippen LogP contribution < -0.4 is 9.62 Å². The van der Waals surface area contributed by atoms with E-state index in [0.29, 0.717) is 12.1 Å². The van der Waals surface area contributed by atoms with E-state index in [0.717, 1.165) is 42.6 Å². The average Bonchev–Trinajstić information content (AvgIpc) is 2.57. The predicted octanol–water partition coefficient (Wildman–Crippen LogP) is 3.62. The summed E-state index contributed by atoms with van der Waals surface area (Å²) in [6.45, 7) is 3.85. The lowest BCUT2D eigenvalue weighted by atomic mass is 9.53. The van der Waals surface area contributed by atoms with Gasteiger partial charge in [-0.05, 0) is 81.8 Å². The van der Waals surface area contributed by atoms with Crippen molar-refractivity contribution in [1.29, 1.82) is 0 Å². The number of carbonyl (C=O) groups excluding carboxylic acids is 1. The molecule has 4 aliphatic rings. The molecule has 6 heteroatoms. The van der Waals surface area contributed by atoms with Crippen molar-refractivity contribution >= 4 is 21.6 Å². The van der Waals surface area contributed by atoms with Gasteiger partial charge >= 0.3 is 0 Å². The van der Waals surface area contributed by atoms with Crippen LogP contribution in [0.15, 0.2) is 24.3 Å². The number of nitrogens with one attached hydrogen (secondary N) is 1. The Morgan fingerprint density at radius 3 is 2.04 bits per heavy atom. The number of sulfonamides is 1. The van der Waals surface area contributed by atoms with E-state index in [-0.39, 0.29) is 11.4 Å². The van der Waals surface area contributed by atoms with E-state index in [1.54, 1.807) is 12.1 Å². The molecule has 1 amide bonds. The standard InChI is InChI=1S/C22H32N2O3S/c1-4-20(24(28(3,26)27)19-7-5-15(2)6-8-19)21(25)23-22-12-16-9-17(13-22)11-18(10-16)14-22/h5-8,16-18,20H,4,9-14H2,1-3H3,(H,23,25). The number of benzene rings is 1. The molecule has 0 aromatic heterocycles. The van der Waals surface area contributed by atoms with E-state index in [2.05, 4.69) is 5.32 Å². The monoisotopic (exact) mass is 404 g/mol. The Morgan fingerprint density at radius 2 is 1.61 bits per heavy atom. The van der Waals surface area contributed by atoms with Gasteiger partial charge in [0.1, 0.15) is 6.04 Å². The van der Waals surface area contributed by atoms with E-state index < -0.39 is 16.1 Å². The number of amides is 1. The maximum absolute atomic E-state index is 13.4. The van der Waals surface area contributed by atoms with Crippen molar-refractivity contribution in [3.8, 4) is 0 Å². The van der Waals surface area contributed by atoms with Crippen LogP contribution in [0.5, 0.6) is 0 Å². The Kier molecular flexibility index (Phi) is 4.97. The summed E-state index contributed by atoms with van der Waals surface area (Å²) >= 11 is 0. The van der Waals surface area contributed by atoms with Crippen molar-refractivity contribution in [2.45, 2.75) is 70.4 Å². The molecule has 4 fully saturated rings. The minimum atomic E-state index is -3.58. The highest BCUT2D eigenvalue weighted by Crippen LogP contribution is 2.55. The first-order valence-corrected chi connectivity index (χ1v) is 12.4. The lowest BCUT2D eigenvalue weighted by Crippen LogP contribution is -2.63. The van der Waals surface area contributed by atoms with E-state index >= 15 is 0 Å². The molecule has 1 aromatic carbocycles. The Hall–Kier alpha value is -1.56. The molecule has 1 aromatic rings. The second-order valence-electron chi connectivity index (χ2n) is 9.51. The van der Waals surface area contributed by atoms with Crippen LogP contribution in [0.2, 0.25) is 0 Å². The molecule has 0 heterocycles. The normalized spacial score (nSPS) is 32.2. The largest absolute Gasteiger partial charge is 0.349 e. The van der Waals surface area contributed by atoms with Crippen LogP contribution in [0.25, 0.3) is 0 Å².